The molecule has 0 unspecified atom stereocenters. The summed E-state index contributed by atoms with van der Waals surface area (Å²) in [5.74, 6) is 1.91. The molecule has 0 N–H and O–H groups in total. The van der Waals surface area contributed by atoms with Crippen molar-refractivity contribution >= 4 is 22.8 Å². The van der Waals surface area contributed by atoms with Gasteiger partial charge >= 0.3 is 0 Å². The van der Waals surface area contributed by atoms with Gasteiger partial charge < -0.3 is 14.5 Å². The normalized spacial score (nSPS) is 13.8. The van der Waals surface area contributed by atoms with Crippen LogP contribution in [0.2, 0.25) is 0 Å². The molecule has 1 aliphatic rings. The maximum absolute atomic E-state index is 13.7. The van der Waals surface area contributed by atoms with Crippen LogP contribution in [0.5, 0.6) is 5.75 Å². The molecule has 1 amide bonds. The second kappa shape index (κ2) is 11.4. The maximum atomic E-state index is 13.7. The number of methoxy groups -OCH3 is 1. The number of ether oxygens (including phenoxy) is 1. The Labute approximate surface area is 238 Å². The van der Waals surface area contributed by atoms with Crippen LogP contribution >= 0.6 is 0 Å². The lowest BCUT2D eigenvalue weighted by molar-refractivity contribution is 0.0767. The number of nitrogens with zero attached hydrogens (tertiary/aromatic N) is 6. The molecule has 9 heteroatoms. The Hall–Kier alpha value is -4.79. The third kappa shape index (κ3) is 5.48. The van der Waals surface area contributed by atoms with Crippen molar-refractivity contribution in [2.45, 2.75) is 19.8 Å². The summed E-state index contributed by atoms with van der Waals surface area (Å²) in [5, 5.41) is 5.67. The summed E-state index contributed by atoms with van der Waals surface area (Å²) in [7, 11) is 1.61. The molecule has 3 heterocycles. The van der Waals surface area contributed by atoms with Crippen molar-refractivity contribution in [3.8, 4) is 11.4 Å². The highest BCUT2D eigenvalue weighted by molar-refractivity contribution is 5.94. The third-order valence-corrected chi connectivity index (χ3v) is 7.43. The zero-order chi connectivity index (χ0) is 28.3. The highest BCUT2D eigenvalue weighted by Gasteiger charge is 2.25. The van der Waals surface area contributed by atoms with E-state index in [0.717, 1.165) is 46.9 Å². The molecule has 0 bridgehead atoms. The molecule has 0 radical (unpaired) electrons. The third-order valence-electron chi connectivity index (χ3n) is 7.43. The molecule has 8 nitrogen and oxygen atoms in total. The lowest BCUT2D eigenvalue weighted by atomic mass is 10.1. The Bertz CT molecular complexity index is 1670. The van der Waals surface area contributed by atoms with Gasteiger partial charge in [0.05, 0.1) is 23.9 Å². The minimum atomic E-state index is -0.305. The van der Waals surface area contributed by atoms with E-state index in [0.29, 0.717) is 43.1 Å². The molecule has 0 spiro atoms. The van der Waals surface area contributed by atoms with Gasteiger partial charge in [0.2, 0.25) is 0 Å². The molecule has 0 aliphatic carbocycles. The summed E-state index contributed by atoms with van der Waals surface area (Å²) in [6.45, 7) is 4.53. The Morgan fingerprint density at radius 1 is 0.902 bits per heavy atom. The lowest BCUT2D eigenvalue weighted by Crippen LogP contribution is -2.35. The Morgan fingerprint density at radius 2 is 1.66 bits per heavy atom. The van der Waals surface area contributed by atoms with E-state index >= 15 is 0 Å². The van der Waals surface area contributed by atoms with Crippen molar-refractivity contribution in [1.29, 1.82) is 0 Å². The molecule has 5 aromatic rings. The topological polar surface area (TPSA) is 76.4 Å². The number of anilines is 1. The van der Waals surface area contributed by atoms with E-state index in [1.165, 1.54) is 12.1 Å². The van der Waals surface area contributed by atoms with Crippen LogP contribution in [0.1, 0.15) is 33.9 Å². The maximum Gasteiger partial charge on any atom is 0.253 e. The van der Waals surface area contributed by atoms with Crippen molar-refractivity contribution in [2.24, 2.45) is 0 Å². The standard InChI is InChI=1S/C32H31FN6O2/c1-22-29-30(37-17-6-18-38(20-19-37)32(40)24-9-15-27(41-2)16-10-24)34-28(21-23-7-4-3-5-8-23)35-31(29)39(36-22)26-13-11-25(33)12-14-26/h3-5,7-16H,6,17-21H2,1-2H3. The van der Waals surface area contributed by atoms with Gasteiger partial charge in [-0.2, -0.15) is 5.10 Å². The summed E-state index contributed by atoms with van der Waals surface area (Å²) in [4.78, 5) is 27.5. The largest absolute Gasteiger partial charge is 0.497 e. The Morgan fingerprint density at radius 3 is 2.39 bits per heavy atom. The second-order valence-corrected chi connectivity index (χ2v) is 10.2. The average Bonchev–Trinajstić information content (AvgIpc) is 3.16. The minimum Gasteiger partial charge on any atom is -0.497 e. The fraction of sp³-hybridized carbons (Fsp3) is 0.250. The van der Waals surface area contributed by atoms with Crippen LogP contribution in [0.3, 0.4) is 0 Å². The van der Waals surface area contributed by atoms with Gasteiger partial charge in [0.15, 0.2) is 5.65 Å². The molecule has 2 aromatic heterocycles. The molecular formula is C32H31FN6O2. The number of carbonyl (C=O) groups is 1. The molecule has 0 atom stereocenters. The van der Waals surface area contributed by atoms with Crippen LogP contribution in [-0.2, 0) is 6.42 Å². The highest BCUT2D eigenvalue weighted by Crippen LogP contribution is 2.30. The van der Waals surface area contributed by atoms with Crippen molar-refractivity contribution in [1.82, 2.24) is 24.6 Å². The van der Waals surface area contributed by atoms with Crippen LogP contribution < -0.4 is 9.64 Å². The van der Waals surface area contributed by atoms with Gasteiger partial charge in [0, 0.05) is 38.2 Å². The number of fused-ring (bicyclic) bond motifs is 1. The number of amides is 1. The highest BCUT2D eigenvalue weighted by atomic mass is 19.1. The average molecular weight is 551 g/mol. The SMILES string of the molecule is COc1ccc(C(=O)N2CCCN(c3nc(Cc4ccccc4)nc4c3c(C)nn4-c3ccc(F)cc3)CC2)cc1. The summed E-state index contributed by atoms with van der Waals surface area (Å²) < 4.78 is 20.7. The van der Waals surface area contributed by atoms with Gasteiger partial charge in [-0.15, -0.1) is 0 Å². The van der Waals surface area contributed by atoms with Gasteiger partial charge in [-0.3, -0.25) is 4.79 Å². The summed E-state index contributed by atoms with van der Waals surface area (Å²) in [6, 6.07) is 23.6. The van der Waals surface area contributed by atoms with Gasteiger partial charge in [0.25, 0.3) is 5.91 Å². The molecule has 1 aliphatic heterocycles. The fourth-order valence-corrected chi connectivity index (χ4v) is 5.30. The molecule has 6 rings (SSSR count). The first kappa shape index (κ1) is 26.4. The van der Waals surface area contributed by atoms with E-state index in [2.05, 4.69) is 17.0 Å². The zero-order valence-electron chi connectivity index (χ0n) is 23.1. The van der Waals surface area contributed by atoms with Crippen LogP contribution in [0.15, 0.2) is 78.9 Å². The first-order valence-corrected chi connectivity index (χ1v) is 13.7. The van der Waals surface area contributed by atoms with Gasteiger partial charge in [-0.25, -0.2) is 19.0 Å². The monoisotopic (exact) mass is 550 g/mol. The Kier molecular flexibility index (Phi) is 7.33. The quantitative estimate of drug-likeness (QED) is 0.289. The first-order chi connectivity index (χ1) is 20.0. The van der Waals surface area contributed by atoms with Crippen LogP contribution in [-0.4, -0.2) is 63.8 Å². The number of hydrogen-bond donors (Lipinski definition) is 0. The number of benzene rings is 3. The number of carbonyl (C=O) groups excluding carboxylic acids is 1. The summed E-state index contributed by atoms with van der Waals surface area (Å²) in [6.07, 6.45) is 1.36. The van der Waals surface area contributed by atoms with Crippen molar-refractivity contribution in [3.63, 3.8) is 0 Å². The van der Waals surface area contributed by atoms with E-state index in [1.54, 1.807) is 36.1 Å². The van der Waals surface area contributed by atoms with Crippen molar-refractivity contribution < 1.29 is 13.9 Å². The molecule has 41 heavy (non-hydrogen) atoms. The van der Waals surface area contributed by atoms with E-state index < -0.39 is 0 Å². The molecule has 208 valence electrons. The predicted molar refractivity (Wildman–Crippen MR) is 156 cm³/mol. The zero-order valence-corrected chi connectivity index (χ0v) is 23.1. The number of rotatable bonds is 6. The van der Waals surface area contributed by atoms with Crippen LogP contribution in [0, 0.1) is 12.7 Å². The molecule has 3 aromatic carbocycles. The van der Waals surface area contributed by atoms with E-state index in [9.17, 15) is 9.18 Å². The first-order valence-electron chi connectivity index (χ1n) is 13.7. The fourth-order valence-electron chi connectivity index (χ4n) is 5.30. The van der Waals surface area contributed by atoms with E-state index in [-0.39, 0.29) is 11.7 Å². The smallest absolute Gasteiger partial charge is 0.253 e. The van der Waals surface area contributed by atoms with Crippen LogP contribution in [0.4, 0.5) is 10.2 Å². The number of hydrogen-bond acceptors (Lipinski definition) is 6. The summed E-state index contributed by atoms with van der Waals surface area (Å²) in [5.41, 5.74) is 3.95. The van der Waals surface area contributed by atoms with Gasteiger partial charge in [0.1, 0.15) is 23.2 Å². The summed E-state index contributed by atoms with van der Waals surface area (Å²) >= 11 is 0. The Balaban J connectivity index is 1.36. The van der Waals surface area contributed by atoms with Crippen LogP contribution in [0.25, 0.3) is 16.7 Å². The minimum absolute atomic E-state index is 0.00686. The number of aryl methyl sites for hydroxylation is 1. The number of halogens is 1. The van der Waals surface area contributed by atoms with Crippen molar-refractivity contribution in [2.75, 3.05) is 38.2 Å². The molecular weight excluding hydrogens is 519 g/mol. The lowest BCUT2D eigenvalue weighted by Gasteiger charge is -2.24. The molecule has 0 saturated carbocycles. The van der Waals surface area contributed by atoms with Crippen molar-refractivity contribution in [3.05, 3.63) is 107 Å². The van der Waals surface area contributed by atoms with E-state index in [4.69, 9.17) is 19.8 Å². The molecule has 1 fully saturated rings. The predicted octanol–water partition coefficient (Wildman–Crippen LogP) is 5.21. The number of aromatic nitrogens is 4. The van der Waals surface area contributed by atoms with Gasteiger partial charge in [-0.05, 0) is 67.4 Å². The molecule has 1 saturated heterocycles. The second-order valence-electron chi connectivity index (χ2n) is 10.2. The van der Waals surface area contributed by atoms with E-state index in [1.807, 2.05) is 42.2 Å². The van der Waals surface area contributed by atoms with Gasteiger partial charge in [-0.1, -0.05) is 30.3 Å².